The lowest BCUT2D eigenvalue weighted by Gasteiger charge is -2.21. The number of rotatable bonds is 11. The Morgan fingerprint density at radius 3 is 2.30 bits per heavy atom. The molecule has 1 aromatic rings. The Kier molecular flexibility index (Phi) is 10.1. The number of carbonyl (C=O) groups is 3. The zero-order valence-corrected chi connectivity index (χ0v) is 19.5. The van der Waals surface area contributed by atoms with Gasteiger partial charge in [0.1, 0.15) is 29.6 Å². The maximum absolute atomic E-state index is 13.3. The number of hydrogen-bond donors (Lipinski definition) is 2. The van der Waals surface area contributed by atoms with E-state index in [-0.39, 0.29) is 23.4 Å². The first kappa shape index (κ1) is 26.5. The van der Waals surface area contributed by atoms with Crippen molar-refractivity contribution in [3.8, 4) is 5.75 Å². The molecule has 1 aliphatic rings. The van der Waals surface area contributed by atoms with Crippen LogP contribution < -0.4 is 15.4 Å². The van der Waals surface area contributed by atoms with Crippen LogP contribution in [-0.2, 0) is 14.3 Å². The van der Waals surface area contributed by atoms with Crippen molar-refractivity contribution in [2.75, 3.05) is 13.2 Å². The van der Waals surface area contributed by atoms with Gasteiger partial charge in [-0.3, -0.25) is 9.59 Å². The largest absolute Gasteiger partial charge is 0.486 e. The Hall–Kier alpha value is -2.71. The van der Waals surface area contributed by atoms with Crippen LogP contribution in [0.2, 0.25) is 0 Å². The Labute approximate surface area is 193 Å². The number of halogens is 2. The van der Waals surface area contributed by atoms with Gasteiger partial charge in [0.05, 0.1) is 6.04 Å². The summed E-state index contributed by atoms with van der Waals surface area (Å²) in [4.78, 5) is 37.0. The van der Waals surface area contributed by atoms with E-state index >= 15 is 0 Å². The number of ether oxygens (including phenoxy) is 2. The summed E-state index contributed by atoms with van der Waals surface area (Å²) in [6, 6.07) is 1.92. The number of amides is 2. The predicted molar refractivity (Wildman–Crippen MR) is 119 cm³/mol. The Balaban J connectivity index is 1.86. The van der Waals surface area contributed by atoms with Gasteiger partial charge < -0.3 is 20.1 Å². The fourth-order valence-corrected chi connectivity index (χ4v) is 3.64. The van der Waals surface area contributed by atoms with Gasteiger partial charge in [-0.15, -0.1) is 0 Å². The zero-order chi connectivity index (χ0) is 24.4. The van der Waals surface area contributed by atoms with Gasteiger partial charge in [0.2, 0.25) is 5.91 Å². The lowest BCUT2D eigenvalue weighted by Crippen LogP contribution is -2.45. The smallest absolute Gasteiger partial charge is 0.407 e. The molecule has 2 N–H and O–H groups in total. The number of nitrogens with one attached hydrogen (secondary N) is 2. The quantitative estimate of drug-likeness (QED) is 0.473. The van der Waals surface area contributed by atoms with E-state index in [9.17, 15) is 23.2 Å². The molecule has 0 radical (unpaired) electrons. The molecule has 0 aromatic heterocycles. The van der Waals surface area contributed by atoms with Crippen LogP contribution in [0.5, 0.6) is 5.75 Å². The first-order valence-corrected chi connectivity index (χ1v) is 11.4. The highest BCUT2D eigenvalue weighted by molar-refractivity contribution is 5.90. The molecule has 2 amide bonds. The topological polar surface area (TPSA) is 93.7 Å². The minimum atomic E-state index is -0.805. The second kappa shape index (κ2) is 12.5. The number of Topliss-reactive ketones (excluding diaryl/α,β-unsaturated/α-hetero) is 1. The molecule has 0 spiro atoms. The minimum Gasteiger partial charge on any atom is -0.486 e. The highest BCUT2D eigenvalue weighted by atomic mass is 19.1. The Morgan fingerprint density at radius 1 is 1.06 bits per heavy atom. The fourth-order valence-electron chi connectivity index (χ4n) is 3.64. The monoisotopic (exact) mass is 468 g/mol. The third kappa shape index (κ3) is 10.2. The van der Waals surface area contributed by atoms with Crippen molar-refractivity contribution < 1.29 is 32.6 Å². The van der Waals surface area contributed by atoms with E-state index in [1.807, 2.05) is 0 Å². The highest BCUT2D eigenvalue weighted by Crippen LogP contribution is 2.25. The number of hydrogen-bond acceptors (Lipinski definition) is 5. The molecule has 9 heteroatoms. The van der Waals surface area contributed by atoms with Gasteiger partial charge in [-0.25, -0.2) is 13.6 Å². The Morgan fingerprint density at radius 2 is 1.70 bits per heavy atom. The molecule has 1 aromatic carbocycles. The molecule has 33 heavy (non-hydrogen) atoms. The molecule has 7 nitrogen and oxygen atoms in total. The van der Waals surface area contributed by atoms with E-state index in [0.29, 0.717) is 31.9 Å². The molecule has 1 unspecified atom stereocenters. The van der Waals surface area contributed by atoms with Crippen LogP contribution in [0.25, 0.3) is 0 Å². The lowest BCUT2D eigenvalue weighted by atomic mass is 10.0. The second-order valence-corrected chi connectivity index (χ2v) is 9.33. The number of unbranched alkanes of at least 4 members (excludes halogenated alkanes) is 1. The van der Waals surface area contributed by atoms with E-state index in [1.165, 1.54) is 0 Å². The molecular weight excluding hydrogens is 434 g/mol. The maximum Gasteiger partial charge on any atom is 0.407 e. The van der Waals surface area contributed by atoms with E-state index < -0.39 is 36.0 Å². The van der Waals surface area contributed by atoms with Crippen LogP contribution in [0.4, 0.5) is 13.6 Å². The predicted octanol–water partition coefficient (Wildman–Crippen LogP) is 4.28. The molecule has 1 saturated carbocycles. The number of carbonyl (C=O) groups excluding carboxylic acids is 3. The molecule has 1 fully saturated rings. The van der Waals surface area contributed by atoms with E-state index in [0.717, 1.165) is 37.8 Å². The highest BCUT2D eigenvalue weighted by Gasteiger charge is 2.27. The van der Waals surface area contributed by atoms with Crippen LogP contribution in [0.3, 0.4) is 0 Å². The summed E-state index contributed by atoms with van der Waals surface area (Å²) in [7, 11) is 0. The summed E-state index contributed by atoms with van der Waals surface area (Å²) in [6.07, 6.45) is 4.55. The first-order valence-electron chi connectivity index (χ1n) is 11.4. The maximum atomic E-state index is 13.3. The minimum absolute atomic E-state index is 0.0942. The summed E-state index contributed by atoms with van der Waals surface area (Å²) in [5, 5.41) is 5.48. The van der Waals surface area contributed by atoms with Gasteiger partial charge in [0, 0.05) is 30.7 Å². The van der Waals surface area contributed by atoms with Crippen molar-refractivity contribution in [2.45, 2.75) is 77.4 Å². The third-order valence-corrected chi connectivity index (χ3v) is 5.24. The van der Waals surface area contributed by atoms with Gasteiger partial charge in [0.25, 0.3) is 0 Å². The van der Waals surface area contributed by atoms with Crippen molar-refractivity contribution in [1.82, 2.24) is 10.6 Å². The van der Waals surface area contributed by atoms with Crippen LogP contribution >= 0.6 is 0 Å². The van der Waals surface area contributed by atoms with E-state index in [2.05, 4.69) is 10.6 Å². The van der Waals surface area contributed by atoms with Crippen molar-refractivity contribution in [3.05, 3.63) is 29.8 Å². The number of benzene rings is 1. The van der Waals surface area contributed by atoms with Gasteiger partial charge in [-0.2, -0.15) is 0 Å². The van der Waals surface area contributed by atoms with Crippen molar-refractivity contribution >= 4 is 17.8 Å². The van der Waals surface area contributed by atoms with E-state index in [1.54, 1.807) is 20.8 Å². The number of alkyl carbamates (subject to hydrolysis) is 1. The lowest BCUT2D eigenvalue weighted by molar-refractivity contribution is -0.131. The second-order valence-electron chi connectivity index (χ2n) is 9.33. The van der Waals surface area contributed by atoms with Crippen LogP contribution in [0.15, 0.2) is 18.2 Å². The average Bonchev–Trinajstić information content (AvgIpc) is 3.24. The summed E-state index contributed by atoms with van der Waals surface area (Å²) in [5.41, 5.74) is -0.587. The van der Waals surface area contributed by atoms with Crippen molar-refractivity contribution in [1.29, 1.82) is 0 Å². The van der Waals surface area contributed by atoms with E-state index in [4.69, 9.17) is 9.47 Å². The standard InChI is InChI=1S/C24H34F2N2O5/c1-24(2,3)33-23(31)27-11-7-6-10-20(28-22(30)16-8-4-5-9-16)21(29)15-32-19-13-17(25)12-18(26)14-19/h12-14,16,20H,4-11,15H2,1-3H3,(H,27,31)(H,28,30). The molecule has 2 rings (SSSR count). The first-order chi connectivity index (χ1) is 15.5. The summed E-state index contributed by atoms with van der Waals surface area (Å²) in [5.74, 6) is -2.35. The van der Waals surface area contributed by atoms with Crippen molar-refractivity contribution in [3.63, 3.8) is 0 Å². The molecule has 1 aliphatic carbocycles. The molecule has 184 valence electrons. The zero-order valence-electron chi connectivity index (χ0n) is 19.5. The van der Waals surface area contributed by atoms with Crippen LogP contribution in [0.1, 0.15) is 65.7 Å². The Bertz CT molecular complexity index is 799. The van der Waals surface area contributed by atoms with Gasteiger partial charge >= 0.3 is 6.09 Å². The van der Waals surface area contributed by atoms with Gasteiger partial charge in [-0.05, 0) is 52.9 Å². The SMILES string of the molecule is CC(C)(C)OC(=O)NCCCCC(NC(=O)C1CCCC1)C(=O)COc1cc(F)cc(F)c1. The normalized spacial score (nSPS) is 15.1. The van der Waals surface area contributed by atoms with Crippen LogP contribution in [0, 0.1) is 17.6 Å². The molecule has 0 saturated heterocycles. The average molecular weight is 469 g/mol. The summed E-state index contributed by atoms with van der Waals surface area (Å²) in [6.45, 7) is 5.27. The summed E-state index contributed by atoms with van der Waals surface area (Å²) >= 11 is 0. The molecule has 0 aliphatic heterocycles. The van der Waals surface area contributed by atoms with Gasteiger partial charge in [-0.1, -0.05) is 12.8 Å². The molecule has 0 bridgehead atoms. The molecule has 1 atom stereocenters. The third-order valence-electron chi connectivity index (χ3n) is 5.24. The molecule has 0 heterocycles. The molecular formula is C24H34F2N2O5. The number of ketones is 1. The van der Waals surface area contributed by atoms with Crippen molar-refractivity contribution in [2.24, 2.45) is 5.92 Å². The van der Waals surface area contributed by atoms with Gasteiger partial charge in [0.15, 0.2) is 5.78 Å². The fraction of sp³-hybridized carbons (Fsp3) is 0.625. The summed E-state index contributed by atoms with van der Waals surface area (Å²) < 4.78 is 37.1. The van der Waals surface area contributed by atoms with Crippen LogP contribution in [-0.4, -0.2) is 42.6 Å².